The Bertz CT molecular complexity index is 577. The zero-order valence-corrected chi connectivity index (χ0v) is 19.3. The molecule has 0 unspecified atom stereocenters. The van der Waals surface area contributed by atoms with Gasteiger partial charge < -0.3 is 15.5 Å². The van der Waals surface area contributed by atoms with Crippen molar-refractivity contribution < 1.29 is 4.79 Å². The molecule has 0 aromatic heterocycles. The number of hydrogen-bond acceptors (Lipinski definition) is 2. The van der Waals surface area contributed by atoms with Crippen LogP contribution in [-0.2, 0) is 17.9 Å². The third-order valence-electron chi connectivity index (χ3n) is 5.06. The minimum Gasteiger partial charge on any atom is -0.357 e. The molecule has 5 nitrogen and oxygen atoms in total. The van der Waals surface area contributed by atoms with E-state index in [4.69, 9.17) is 0 Å². The molecule has 0 atom stereocenters. The number of rotatable bonds is 9. The SMILES string of the molecule is CCNC(=NCC(CC)CC)NCCCC(=O)N1Cc2ccccc2C1.I. The number of halogens is 1. The van der Waals surface area contributed by atoms with E-state index in [0.29, 0.717) is 12.3 Å². The number of benzene rings is 1. The van der Waals surface area contributed by atoms with Crippen molar-refractivity contribution in [2.45, 2.75) is 59.5 Å². The minimum atomic E-state index is 0. The van der Waals surface area contributed by atoms with Crippen LogP contribution in [0.5, 0.6) is 0 Å². The number of aliphatic imine (C=N–C) groups is 1. The normalized spacial score (nSPS) is 13.3. The highest BCUT2D eigenvalue weighted by molar-refractivity contribution is 14.0. The lowest BCUT2D eigenvalue weighted by Crippen LogP contribution is -2.38. The number of amides is 1. The fourth-order valence-electron chi connectivity index (χ4n) is 3.22. The van der Waals surface area contributed by atoms with E-state index in [1.807, 2.05) is 17.0 Å². The second-order valence-electron chi connectivity index (χ2n) is 6.95. The molecule has 0 radical (unpaired) electrons. The van der Waals surface area contributed by atoms with E-state index < -0.39 is 0 Å². The zero-order chi connectivity index (χ0) is 18.8. The Kier molecular flexibility index (Phi) is 11.4. The Labute approximate surface area is 181 Å². The van der Waals surface area contributed by atoms with Crippen LogP contribution in [0, 0.1) is 5.92 Å². The Balaban J connectivity index is 0.00000364. The minimum absolute atomic E-state index is 0. The van der Waals surface area contributed by atoms with E-state index in [1.165, 1.54) is 11.1 Å². The Morgan fingerprint density at radius 2 is 1.74 bits per heavy atom. The van der Waals surface area contributed by atoms with Gasteiger partial charge in [-0.15, -0.1) is 24.0 Å². The monoisotopic (exact) mass is 486 g/mol. The largest absolute Gasteiger partial charge is 0.357 e. The quantitative estimate of drug-likeness (QED) is 0.241. The number of guanidine groups is 1. The predicted octanol–water partition coefficient (Wildman–Crippen LogP) is 3.92. The first-order valence-electron chi connectivity index (χ1n) is 10.0. The van der Waals surface area contributed by atoms with Crippen LogP contribution in [0.15, 0.2) is 29.3 Å². The van der Waals surface area contributed by atoms with Crippen molar-refractivity contribution in [2.24, 2.45) is 10.9 Å². The van der Waals surface area contributed by atoms with Crippen LogP contribution < -0.4 is 10.6 Å². The van der Waals surface area contributed by atoms with Gasteiger partial charge in [-0.1, -0.05) is 51.0 Å². The first kappa shape index (κ1) is 23.7. The van der Waals surface area contributed by atoms with E-state index in [2.05, 4.69) is 48.5 Å². The van der Waals surface area contributed by atoms with Crippen molar-refractivity contribution in [3.05, 3.63) is 35.4 Å². The molecule has 1 aromatic carbocycles. The molecule has 0 saturated carbocycles. The van der Waals surface area contributed by atoms with Gasteiger partial charge in [0.1, 0.15) is 0 Å². The third-order valence-corrected chi connectivity index (χ3v) is 5.06. The average Bonchev–Trinajstić information content (AvgIpc) is 3.10. The van der Waals surface area contributed by atoms with Crippen molar-refractivity contribution in [3.8, 4) is 0 Å². The van der Waals surface area contributed by atoms with E-state index in [9.17, 15) is 4.79 Å². The van der Waals surface area contributed by atoms with Gasteiger partial charge in [0.2, 0.25) is 5.91 Å². The molecule has 2 N–H and O–H groups in total. The highest BCUT2D eigenvalue weighted by Gasteiger charge is 2.22. The number of nitrogens with one attached hydrogen (secondary N) is 2. The van der Waals surface area contributed by atoms with Gasteiger partial charge in [-0.25, -0.2) is 0 Å². The van der Waals surface area contributed by atoms with E-state index >= 15 is 0 Å². The topological polar surface area (TPSA) is 56.7 Å². The van der Waals surface area contributed by atoms with Crippen LogP contribution >= 0.6 is 24.0 Å². The van der Waals surface area contributed by atoms with Gasteiger partial charge in [-0.2, -0.15) is 0 Å². The maximum atomic E-state index is 12.4. The summed E-state index contributed by atoms with van der Waals surface area (Å²) >= 11 is 0. The van der Waals surface area contributed by atoms with Crippen LogP contribution in [0.1, 0.15) is 57.6 Å². The third kappa shape index (κ3) is 7.68. The van der Waals surface area contributed by atoms with Crippen molar-refractivity contribution in [1.29, 1.82) is 0 Å². The summed E-state index contributed by atoms with van der Waals surface area (Å²) in [7, 11) is 0. The molecule has 1 aliphatic rings. The molecule has 2 rings (SSSR count). The van der Waals surface area contributed by atoms with Crippen LogP contribution in [0.25, 0.3) is 0 Å². The predicted molar refractivity (Wildman–Crippen MR) is 123 cm³/mol. The molecule has 0 bridgehead atoms. The number of carbonyl (C=O) groups excluding carboxylic acids is 1. The van der Waals surface area contributed by atoms with Gasteiger partial charge in [0.25, 0.3) is 0 Å². The summed E-state index contributed by atoms with van der Waals surface area (Å²) in [5.74, 6) is 1.74. The summed E-state index contributed by atoms with van der Waals surface area (Å²) in [6.45, 7) is 10.5. The first-order valence-corrected chi connectivity index (χ1v) is 10.0. The van der Waals surface area contributed by atoms with Gasteiger partial charge in [-0.05, 0) is 30.4 Å². The molecular weight excluding hydrogens is 451 g/mol. The molecule has 1 amide bonds. The summed E-state index contributed by atoms with van der Waals surface area (Å²) in [6.07, 6.45) is 3.71. The maximum Gasteiger partial charge on any atom is 0.223 e. The summed E-state index contributed by atoms with van der Waals surface area (Å²) in [5.41, 5.74) is 2.56. The standard InChI is InChI=1S/C21H34N4O.HI/c1-4-17(5-2)14-24-21(22-6-3)23-13-9-12-20(26)25-15-18-10-7-8-11-19(18)16-25;/h7-8,10-11,17H,4-6,9,12-16H2,1-3H3,(H2,22,23,24);1H. The molecular formula is C21H35IN4O. The summed E-state index contributed by atoms with van der Waals surface area (Å²) in [4.78, 5) is 19.1. The molecule has 0 spiro atoms. The van der Waals surface area contributed by atoms with Crippen LogP contribution in [0.3, 0.4) is 0 Å². The summed E-state index contributed by atoms with van der Waals surface area (Å²) in [5, 5.41) is 6.64. The fraction of sp³-hybridized carbons (Fsp3) is 0.619. The Hall–Kier alpha value is -1.31. The average molecular weight is 486 g/mol. The highest BCUT2D eigenvalue weighted by atomic mass is 127. The van der Waals surface area contributed by atoms with Crippen molar-refractivity contribution in [1.82, 2.24) is 15.5 Å². The van der Waals surface area contributed by atoms with Crippen LogP contribution in [0.4, 0.5) is 0 Å². The molecule has 1 heterocycles. The maximum absolute atomic E-state index is 12.4. The number of nitrogens with zero attached hydrogens (tertiary/aromatic N) is 2. The van der Waals surface area contributed by atoms with Gasteiger partial charge in [0.15, 0.2) is 5.96 Å². The van der Waals surface area contributed by atoms with E-state index in [-0.39, 0.29) is 29.9 Å². The van der Waals surface area contributed by atoms with E-state index in [1.54, 1.807) is 0 Å². The second-order valence-corrected chi connectivity index (χ2v) is 6.95. The molecule has 1 aromatic rings. The molecule has 152 valence electrons. The van der Waals surface area contributed by atoms with Gasteiger partial charge in [-0.3, -0.25) is 9.79 Å². The van der Waals surface area contributed by atoms with Crippen molar-refractivity contribution >= 4 is 35.8 Å². The lowest BCUT2D eigenvalue weighted by Gasteiger charge is -2.16. The molecule has 1 aliphatic heterocycles. The first-order chi connectivity index (χ1) is 12.7. The molecule has 6 heteroatoms. The highest BCUT2D eigenvalue weighted by Crippen LogP contribution is 2.22. The molecule has 0 fully saturated rings. The van der Waals surface area contributed by atoms with Crippen LogP contribution in [0.2, 0.25) is 0 Å². The summed E-state index contributed by atoms with van der Waals surface area (Å²) in [6, 6.07) is 8.31. The summed E-state index contributed by atoms with van der Waals surface area (Å²) < 4.78 is 0. The lowest BCUT2D eigenvalue weighted by atomic mass is 10.0. The lowest BCUT2D eigenvalue weighted by molar-refractivity contribution is -0.131. The van der Waals surface area contributed by atoms with Gasteiger partial charge in [0.05, 0.1) is 0 Å². The smallest absolute Gasteiger partial charge is 0.223 e. The van der Waals surface area contributed by atoms with Crippen molar-refractivity contribution in [2.75, 3.05) is 19.6 Å². The van der Waals surface area contributed by atoms with Gasteiger partial charge >= 0.3 is 0 Å². The Morgan fingerprint density at radius 1 is 1.11 bits per heavy atom. The fourth-order valence-corrected chi connectivity index (χ4v) is 3.22. The van der Waals surface area contributed by atoms with Crippen LogP contribution in [-0.4, -0.2) is 36.4 Å². The number of fused-ring (bicyclic) bond motifs is 1. The van der Waals surface area contributed by atoms with Gasteiger partial charge in [0, 0.05) is 39.1 Å². The number of hydrogen-bond donors (Lipinski definition) is 2. The Morgan fingerprint density at radius 3 is 2.30 bits per heavy atom. The molecule has 0 saturated heterocycles. The molecule has 0 aliphatic carbocycles. The zero-order valence-electron chi connectivity index (χ0n) is 17.0. The van der Waals surface area contributed by atoms with Crippen molar-refractivity contribution in [3.63, 3.8) is 0 Å². The molecule has 27 heavy (non-hydrogen) atoms. The second kappa shape index (κ2) is 13.0. The number of carbonyl (C=O) groups is 1. The van der Waals surface area contributed by atoms with E-state index in [0.717, 1.165) is 57.9 Å².